The van der Waals surface area contributed by atoms with Gasteiger partial charge in [0, 0.05) is 18.6 Å². The quantitative estimate of drug-likeness (QED) is 0.320. The molecule has 0 amide bonds. The first kappa shape index (κ1) is 21.5. The molecule has 2 unspecified atom stereocenters. The van der Waals surface area contributed by atoms with E-state index in [-0.39, 0.29) is 17.7 Å². The molecule has 1 aliphatic heterocycles. The highest BCUT2D eigenvalue weighted by atomic mass is 19.1. The molecule has 0 radical (unpaired) electrons. The van der Waals surface area contributed by atoms with Crippen molar-refractivity contribution in [1.82, 2.24) is 0 Å². The normalized spacial score (nSPS) is 23.5. The molecule has 162 valence electrons. The monoisotopic (exact) mass is 427 g/mol. The molecule has 2 aliphatic rings. The van der Waals surface area contributed by atoms with Crippen LogP contribution in [0.15, 0.2) is 42.5 Å². The molecule has 1 saturated heterocycles. The number of hydrogen-bond donors (Lipinski definition) is 0. The molecule has 4 rings (SSSR count). The van der Waals surface area contributed by atoms with Crippen LogP contribution in [0.5, 0.6) is 0 Å². The van der Waals surface area contributed by atoms with E-state index in [2.05, 4.69) is 0 Å². The minimum atomic E-state index is -1.42. The number of alkyl halides is 1. The van der Waals surface area contributed by atoms with E-state index in [4.69, 9.17) is 14.0 Å². The second-order valence-electron chi connectivity index (χ2n) is 8.85. The van der Waals surface area contributed by atoms with Gasteiger partial charge in [0.05, 0.1) is 21.7 Å². The summed E-state index contributed by atoms with van der Waals surface area (Å²) in [6.07, 6.45) is -2.41. The van der Waals surface area contributed by atoms with Gasteiger partial charge in [-0.3, -0.25) is 10.1 Å². The summed E-state index contributed by atoms with van der Waals surface area (Å²) in [6, 6.07) is 10.4. The lowest BCUT2D eigenvalue weighted by molar-refractivity contribution is -0.384. The number of carbonyl (C=O) groups excluding carboxylic acids is 1. The zero-order valence-electron chi connectivity index (χ0n) is 17.8. The molecule has 2 aromatic rings. The fraction of sp³-hybridized carbons (Fsp3) is 0.409. The fourth-order valence-electron chi connectivity index (χ4n) is 3.85. The van der Waals surface area contributed by atoms with E-state index in [0.29, 0.717) is 5.56 Å². The molecule has 1 fully saturated rings. The predicted octanol–water partition coefficient (Wildman–Crippen LogP) is 3.69. The van der Waals surface area contributed by atoms with Crippen molar-refractivity contribution in [3.05, 3.63) is 69.3 Å². The maximum absolute atomic E-state index is 14.9. The molecule has 1 heterocycles. The number of nitro benzene ring substituents is 1. The van der Waals surface area contributed by atoms with Crippen LogP contribution < -0.4 is 5.46 Å². The van der Waals surface area contributed by atoms with E-state index in [1.165, 1.54) is 24.3 Å². The van der Waals surface area contributed by atoms with E-state index in [0.717, 1.165) is 11.0 Å². The van der Waals surface area contributed by atoms with Crippen LogP contribution in [0.25, 0.3) is 0 Å². The summed E-state index contributed by atoms with van der Waals surface area (Å²) < 4.78 is 32.7. The molecule has 2 atom stereocenters. The first-order valence-corrected chi connectivity index (χ1v) is 10.1. The molecule has 1 aliphatic carbocycles. The Kier molecular flexibility index (Phi) is 5.14. The Balaban J connectivity index is 1.58. The lowest BCUT2D eigenvalue weighted by Gasteiger charge is -2.32. The minimum Gasteiger partial charge on any atom is -0.451 e. The SMILES string of the molecule is CC1(C)OB(c2cccc3c2CC(F)C3OC(=O)c2ccc([N+](=O)[O-])cc2)OC1(C)C. The number of carbonyl (C=O) groups is 1. The van der Waals surface area contributed by atoms with E-state index >= 15 is 0 Å². The molecule has 0 saturated carbocycles. The van der Waals surface area contributed by atoms with Gasteiger partial charge in [-0.2, -0.15) is 0 Å². The van der Waals surface area contributed by atoms with Crippen molar-refractivity contribution in [3.8, 4) is 0 Å². The van der Waals surface area contributed by atoms with Gasteiger partial charge in [-0.15, -0.1) is 0 Å². The van der Waals surface area contributed by atoms with E-state index in [9.17, 15) is 19.3 Å². The Morgan fingerprint density at radius 3 is 2.32 bits per heavy atom. The predicted molar refractivity (Wildman–Crippen MR) is 112 cm³/mol. The Hall–Kier alpha value is -2.78. The van der Waals surface area contributed by atoms with Crippen molar-refractivity contribution in [2.45, 2.75) is 57.6 Å². The molecule has 0 spiro atoms. The molecule has 2 aromatic carbocycles. The molecule has 0 aromatic heterocycles. The third kappa shape index (κ3) is 3.72. The zero-order valence-corrected chi connectivity index (χ0v) is 17.8. The summed E-state index contributed by atoms with van der Waals surface area (Å²) in [5.74, 6) is -0.739. The van der Waals surface area contributed by atoms with Crippen LogP contribution >= 0.6 is 0 Å². The summed E-state index contributed by atoms with van der Waals surface area (Å²) in [4.78, 5) is 22.8. The second-order valence-corrected chi connectivity index (χ2v) is 8.85. The Labute approximate surface area is 179 Å². The zero-order chi connectivity index (χ0) is 22.6. The lowest BCUT2D eigenvalue weighted by atomic mass is 9.75. The van der Waals surface area contributed by atoms with Gasteiger partial charge >= 0.3 is 13.1 Å². The van der Waals surface area contributed by atoms with Crippen molar-refractivity contribution in [2.24, 2.45) is 0 Å². The standard InChI is InChI=1S/C22H23BFNO6/c1-21(2)22(3,4)31-23(30-21)17-7-5-6-15-16(17)12-18(24)19(15)29-20(26)13-8-10-14(11-9-13)25(27)28/h5-11,18-19H,12H2,1-4H3. The number of halogens is 1. The van der Waals surface area contributed by atoms with Gasteiger partial charge in [0.1, 0.15) is 6.17 Å². The van der Waals surface area contributed by atoms with Gasteiger partial charge in [0.25, 0.3) is 5.69 Å². The number of nitro groups is 1. The molecule has 31 heavy (non-hydrogen) atoms. The number of esters is 1. The minimum absolute atomic E-state index is 0.0772. The number of benzene rings is 2. The molecule has 9 heteroatoms. The van der Waals surface area contributed by atoms with Crippen LogP contribution in [0.1, 0.15) is 55.3 Å². The topological polar surface area (TPSA) is 87.9 Å². The van der Waals surface area contributed by atoms with Crippen LogP contribution in [0.3, 0.4) is 0 Å². The average Bonchev–Trinajstić information content (AvgIpc) is 3.13. The highest BCUT2D eigenvalue weighted by Gasteiger charge is 2.53. The third-order valence-corrected chi connectivity index (χ3v) is 6.34. The van der Waals surface area contributed by atoms with Gasteiger partial charge in [0.2, 0.25) is 0 Å². The van der Waals surface area contributed by atoms with Gasteiger partial charge in [-0.1, -0.05) is 18.2 Å². The van der Waals surface area contributed by atoms with Gasteiger partial charge in [-0.25, -0.2) is 9.18 Å². The van der Waals surface area contributed by atoms with Crippen LogP contribution in [-0.4, -0.2) is 35.4 Å². The smallest absolute Gasteiger partial charge is 0.451 e. The maximum Gasteiger partial charge on any atom is 0.495 e. The van der Waals surface area contributed by atoms with Gasteiger partial charge in [-0.05, 0) is 56.4 Å². The van der Waals surface area contributed by atoms with Crippen molar-refractivity contribution >= 4 is 24.2 Å². The van der Waals surface area contributed by atoms with E-state index in [1.54, 1.807) is 12.1 Å². The molecule has 0 N–H and O–H groups in total. The van der Waals surface area contributed by atoms with E-state index in [1.807, 2.05) is 33.8 Å². The number of fused-ring (bicyclic) bond motifs is 1. The van der Waals surface area contributed by atoms with Crippen LogP contribution in [0.4, 0.5) is 10.1 Å². The number of hydrogen-bond acceptors (Lipinski definition) is 6. The number of non-ortho nitro benzene ring substituents is 1. The summed E-state index contributed by atoms with van der Waals surface area (Å²) in [5.41, 5.74) is 0.940. The van der Waals surface area contributed by atoms with Crippen LogP contribution in [0.2, 0.25) is 0 Å². The lowest BCUT2D eigenvalue weighted by Crippen LogP contribution is -2.41. The number of nitrogens with zero attached hydrogens (tertiary/aromatic N) is 1. The summed E-state index contributed by atoms with van der Waals surface area (Å²) in [7, 11) is -0.642. The first-order valence-electron chi connectivity index (χ1n) is 10.1. The van der Waals surface area contributed by atoms with Crippen LogP contribution in [-0.2, 0) is 20.5 Å². The largest absolute Gasteiger partial charge is 0.495 e. The Morgan fingerprint density at radius 2 is 1.74 bits per heavy atom. The Morgan fingerprint density at radius 1 is 1.13 bits per heavy atom. The van der Waals surface area contributed by atoms with Gasteiger partial charge < -0.3 is 14.0 Å². The molecule has 0 bridgehead atoms. The molecular formula is C22H23BFNO6. The molecule has 7 nitrogen and oxygen atoms in total. The van der Waals surface area contributed by atoms with Crippen molar-refractivity contribution in [1.29, 1.82) is 0 Å². The third-order valence-electron chi connectivity index (χ3n) is 6.34. The van der Waals surface area contributed by atoms with Crippen LogP contribution in [0, 0.1) is 10.1 Å². The second kappa shape index (κ2) is 7.42. The summed E-state index contributed by atoms with van der Waals surface area (Å²) in [6.45, 7) is 7.79. The fourth-order valence-corrected chi connectivity index (χ4v) is 3.85. The Bertz CT molecular complexity index is 1020. The maximum atomic E-state index is 14.9. The summed E-state index contributed by atoms with van der Waals surface area (Å²) in [5, 5.41) is 10.8. The summed E-state index contributed by atoms with van der Waals surface area (Å²) >= 11 is 0. The van der Waals surface area contributed by atoms with Crippen molar-refractivity contribution in [2.75, 3.05) is 0 Å². The number of rotatable bonds is 4. The number of ether oxygens (including phenoxy) is 1. The highest BCUT2D eigenvalue weighted by molar-refractivity contribution is 6.62. The average molecular weight is 427 g/mol. The van der Waals surface area contributed by atoms with E-state index < -0.39 is 41.5 Å². The van der Waals surface area contributed by atoms with Crippen molar-refractivity contribution < 1.29 is 28.2 Å². The molecular weight excluding hydrogens is 404 g/mol. The highest BCUT2D eigenvalue weighted by Crippen LogP contribution is 2.40. The first-order chi connectivity index (χ1) is 14.5. The van der Waals surface area contributed by atoms with Crippen molar-refractivity contribution in [3.63, 3.8) is 0 Å². The van der Waals surface area contributed by atoms with Gasteiger partial charge in [0.15, 0.2) is 6.10 Å².